The van der Waals surface area contributed by atoms with Gasteiger partial charge in [-0.15, -0.1) is 0 Å². The molecule has 2 aromatic rings. The topological polar surface area (TPSA) is 83.7 Å². The number of fused-ring (bicyclic) bond motifs is 1. The summed E-state index contributed by atoms with van der Waals surface area (Å²) in [6, 6.07) is 10.4. The third kappa shape index (κ3) is 2.92. The minimum absolute atomic E-state index is 0.0432. The van der Waals surface area contributed by atoms with Gasteiger partial charge in [-0.05, 0) is 25.1 Å². The quantitative estimate of drug-likeness (QED) is 0.805. The SMILES string of the molecule is C[C@](O)(CNC(=O)N[C@H]1COc2ccccc21)c1ccco1. The Balaban J connectivity index is 1.56. The fourth-order valence-electron chi connectivity index (χ4n) is 2.42. The lowest BCUT2D eigenvalue weighted by Crippen LogP contribution is -2.44. The fraction of sp³-hybridized carbons (Fsp3) is 0.312. The van der Waals surface area contributed by atoms with Crippen molar-refractivity contribution in [3.05, 3.63) is 54.0 Å². The summed E-state index contributed by atoms with van der Waals surface area (Å²) >= 11 is 0. The zero-order chi connectivity index (χ0) is 15.6. The number of amides is 2. The van der Waals surface area contributed by atoms with Crippen molar-refractivity contribution in [3.63, 3.8) is 0 Å². The molecule has 2 amide bonds. The second kappa shape index (κ2) is 5.73. The first kappa shape index (κ1) is 14.5. The fourth-order valence-corrected chi connectivity index (χ4v) is 2.42. The number of nitrogens with one attached hydrogen (secondary N) is 2. The number of para-hydroxylation sites is 1. The summed E-state index contributed by atoms with van der Waals surface area (Å²) in [5.74, 6) is 1.19. The number of urea groups is 1. The van der Waals surface area contributed by atoms with E-state index in [2.05, 4.69) is 10.6 Å². The van der Waals surface area contributed by atoms with E-state index < -0.39 is 5.60 Å². The first-order valence-electron chi connectivity index (χ1n) is 7.09. The highest BCUT2D eigenvalue weighted by atomic mass is 16.5. The predicted molar refractivity (Wildman–Crippen MR) is 79.5 cm³/mol. The number of aliphatic hydroxyl groups is 1. The van der Waals surface area contributed by atoms with Crippen molar-refractivity contribution < 1.29 is 19.1 Å². The van der Waals surface area contributed by atoms with Crippen LogP contribution in [0, 0.1) is 0 Å². The molecule has 1 aliphatic heterocycles. The van der Waals surface area contributed by atoms with Crippen molar-refractivity contribution in [1.82, 2.24) is 10.6 Å². The van der Waals surface area contributed by atoms with Crippen molar-refractivity contribution in [2.75, 3.05) is 13.2 Å². The molecule has 22 heavy (non-hydrogen) atoms. The zero-order valence-corrected chi connectivity index (χ0v) is 12.2. The number of benzene rings is 1. The standard InChI is InChI=1S/C16H18N2O4/c1-16(20,14-7-4-8-21-14)10-17-15(19)18-12-9-22-13-6-3-2-5-11(12)13/h2-8,12,20H,9-10H2,1H3,(H2,17,18,19)/t12-,16-/m0/s1. The van der Waals surface area contributed by atoms with Crippen LogP contribution in [0.25, 0.3) is 0 Å². The molecule has 6 heteroatoms. The third-order valence-electron chi connectivity index (χ3n) is 3.65. The van der Waals surface area contributed by atoms with Crippen LogP contribution in [0.1, 0.15) is 24.3 Å². The largest absolute Gasteiger partial charge is 0.491 e. The Morgan fingerprint density at radius 2 is 2.18 bits per heavy atom. The van der Waals surface area contributed by atoms with Gasteiger partial charge in [0.15, 0.2) is 0 Å². The number of ether oxygens (including phenoxy) is 1. The highest BCUT2D eigenvalue weighted by Gasteiger charge is 2.29. The predicted octanol–water partition coefficient (Wildman–Crippen LogP) is 1.92. The maximum Gasteiger partial charge on any atom is 0.315 e. The monoisotopic (exact) mass is 302 g/mol. The Kier molecular flexibility index (Phi) is 3.77. The van der Waals surface area contributed by atoms with Gasteiger partial charge in [0.05, 0.1) is 18.8 Å². The van der Waals surface area contributed by atoms with Gasteiger partial charge in [0.2, 0.25) is 0 Å². The smallest absolute Gasteiger partial charge is 0.315 e. The van der Waals surface area contributed by atoms with Gasteiger partial charge in [-0.25, -0.2) is 4.79 Å². The summed E-state index contributed by atoms with van der Waals surface area (Å²) in [7, 11) is 0. The molecule has 2 heterocycles. The number of carbonyl (C=O) groups is 1. The maximum absolute atomic E-state index is 12.0. The minimum Gasteiger partial charge on any atom is -0.491 e. The molecule has 0 radical (unpaired) electrons. The molecule has 0 saturated heterocycles. The van der Waals surface area contributed by atoms with Gasteiger partial charge in [-0.3, -0.25) is 0 Å². The molecule has 0 aliphatic carbocycles. The van der Waals surface area contributed by atoms with E-state index in [9.17, 15) is 9.90 Å². The zero-order valence-electron chi connectivity index (χ0n) is 12.2. The average molecular weight is 302 g/mol. The van der Waals surface area contributed by atoms with Crippen LogP contribution in [-0.2, 0) is 5.60 Å². The molecular formula is C16H18N2O4. The van der Waals surface area contributed by atoms with Crippen LogP contribution in [0.3, 0.4) is 0 Å². The highest BCUT2D eigenvalue weighted by Crippen LogP contribution is 2.31. The number of rotatable bonds is 4. The van der Waals surface area contributed by atoms with Crippen LogP contribution in [0.4, 0.5) is 4.79 Å². The van der Waals surface area contributed by atoms with Crippen LogP contribution >= 0.6 is 0 Å². The first-order chi connectivity index (χ1) is 10.6. The molecule has 0 unspecified atom stereocenters. The van der Waals surface area contributed by atoms with Gasteiger partial charge >= 0.3 is 6.03 Å². The summed E-state index contributed by atoms with van der Waals surface area (Å²) in [4.78, 5) is 12.0. The molecule has 0 fully saturated rings. The third-order valence-corrected chi connectivity index (χ3v) is 3.65. The Hall–Kier alpha value is -2.47. The lowest BCUT2D eigenvalue weighted by molar-refractivity contribution is 0.0366. The minimum atomic E-state index is -1.26. The molecule has 3 N–H and O–H groups in total. The van der Waals surface area contributed by atoms with Crippen LogP contribution in [0.15, 0.2) is 47.1 Å². The van der Waals surface area contributed by atoms with E-state index in [4.69, 9.17) is 9.15 Å². The van der Waals surface area contributed by atoms with E-state index in [1.807, 2.05) is 24.3 Å². The van der Waals surface area contributed by atoms with Crippen molar-refractivity contribution in [2.24, 2.45) is 0 Å². The summed E-state index contributed by atoms with van der Waals surface area (Å²) in [5, 5.41) is 15.8. The lowest BCUT2D eigenvalue weighted by atomic mass is 10.0. The van der Waals surface area contributed by atoms with Gasteiger partial charge in [-0.1, -0.05) is 18.2 Å². The molecule has 6 nitrogen and oxygen atoms in total. The van der Waals surface area contributed by atoms with Crippen molar-refractivity contribution in [1.29, 1.82) is 0 Å². The number of furan rings is 1. The van der Waals surface area contributed by atoms with Gasteiger partial charge in [0.25, 0.3) is 0 Å². The van der Waals surface area contributed by atoms with Crippen LogP contribution in [0.2, 0.25) is 0 Å². The van der Waals surface area contributed by atoms with E-state index >= 15 is 0 Å². The molecule has 2 atom stereocenters. The Morgan fingerprint density at radius 1 is 1.36 bits per heavy atom. The van der Waals surface area contributed by atoms with E-state index in [0.29, 0.717) is 12.4 Å². The Morgan fingerprint density at radius 3 is 2.95 bits per heavy atom. The normalized spacial score (nSPS) is 18.9. The van der Waals surface area contributed by atoms with Gasteiger partial charge in [0.1, 0.15) is 23.7 Å². The molecule has 1 aromatic heterocycles. The molecule has 0 spiro atoms. The molecule has 0 saturated carbocycles. The van der Waals surface area contributed by atoms with Crippen LogP contribution < -0.4 is 15.4 Å². The second-order valence-electron chi connectivity index (χ2n) is 5.48. The maximum atomic E-state index is 12.0. The second-order valence-corrected chi connectivity index (χ2v) is 5.48. The molecule has 116 valence electrons. The van der Waals surface area contributed by atoms with Gasteiger partial charge in [-0.2, -0.15) is 0 Å². The number of carbonyl (C=O) groups excluding carboxylic acids is 1. The summed E-state index contributed by atoms with van der Waals surface area (Å²) in [5.41, 5.74) is -0.305. The van der Waals surface area contributed by atoms with E-state index in [1.165, 1.54) is 6.26 Å². The van der Waals surface area contributed by atoms with Gasteiger partial charge in [0, 0.05) is 5.56 Å². The molecule has 3 rings (SSSR count). The first-order valence-corrected chi connectivity index (χ1v) is 7.09. The Labute approximate surface area is 128 Å². The molecule has 1 aliphatic rings. The number of hydrogen-bond acceptors (Lipinski definition) is 4. The van der Waals surface area contributed by atoms with Crippen LogP contribution in [0.5, 0.6) is 5.75 Å². The molecule has 1 aromatic carbocycles. The van der Waals surface area contributed by atoms with E-state index in [1.54, 1.807) is 19.1 Å². The Bertz CT molecular complexity index is 652. The van der Waals surface area contributed by atoms with Crippen molar-refractivity contribution in [3.8, 4) is 5.75 Å². The van der Waals surface area contributed by atoms with E-state index in [-0.39, 0.29) is 18.6 Å². The number of hydrogen-bond donors (Lipinski definition) is 3. The lowest BCUT2D eigenvalue weighted by Gasteiger charge is -2.22. The highest BCUT2D eigenvalue weighted by molar-refractivity contribution is 5.74. The van der Waals surface area contributed by atoms with Crippen LogP contribution in [-0.4, -0.2) is 24.3 Å². The van der Waals surface area contributed by atoms with Gasteiger partial charge < -0.3 is 24.9 Å². The summed E-state index contributed by atoms with van der Waals surface area (Å²) < 4.78 is 10.7. The molecular weight excluding hydrogens is 284 g/mol. The average Bonchev–Trinajstić information content (AvgIpc) is 3.16. The van der Waals surface area contributed by atoms with Crippen molar-refractivity contribution >= 4 is 6.03 Å². The van der Waals surface area contributed by atoms with Crippen molar-refractivity contribution in [2.45, 2.75) is 18.6 Å². The summed E-state index contributed by atoms with van der Waals surface area (Å²) in [6.07, 6.45) is 1.48. The van der Waals surface area contributed by atoms with E-state index in [0.717, 1.165) is 11.3 Å². The molecule has 0 bridgehead atoms. The summed E-state index contributed by atoms with van der Waals surface area (Å²) in [6.45, 7) is 2.03.